The standard InChI is InChI=1S/C30H30N2O4/c1-4-32(22-9-6-5-7-10-22)30(34)21-13-15-26-25(17-21)23-11-8-12-24(23)29(31-26)20-14-16-27(36-19(2)33)28(18-20)35-3/h5-11,13-18,23-24,29,31H,4,12H2,1-3H3. The molecule has 5 rings (SSSR count). The summed E-state index contributed by atoms with van der Waals surface area (Å²) in [5.41, 5.74) is 4.81. The van der Waals surface area contributed by atoms with E-state index >= 15 is 0 Å². The monoisotopic (exact) mass is 482 g/mol. The molecule has 0 bridgehead atoms. The van der Waals surface area contributed by atoms with Gasteiger partial charge < -0.3 is 19.7 Å². The van der Waals surface area contributed by atoms with Gasteiger partial charge in [0, 0.05) is 36.3 Å². The summed E-state index contributed by atoms with van der Waals surface area (Å²) >= 11 is 0. The maximum atomic E-state index is 13.5. The third-order valence-electron chi connectivity index (χ3n) is 7.04. The number of allylic oxidation sites excluding steroid dienone is 2. The second-order valence-corrected chi connectivity index (χ2v) is 9.17. The van der Waals surface area contributed by atoms with Crippen LogP contribution in [0.1, 0.15) is 53.7 Å². The number of carbonyl (C=O) groups is 2. The van der Waals surface area contributed by atoms with Crippen LogP contribution in [0.25, 0.3) is 0 Å². The Kier molecular flexibility index (Phi) is 6.51. The van der Waals surface area contributed by atoms with Gasteiger partial charge >= 0.3 is 5.97 Å². The SMILES string of the molecule is CCN(C(=O)c1ccc2c(c1)C1C=CCC1C(c1ccc(OC(C)=O)c(OC)c1)N2)c1ccccc1. The first-order valence-corrected chi connectivity index (χ1v) is 12.3. The number of esters is 1. The summed E-state index contributed by atoms with van der Waals surface area (Å²) in [7, 11) is 1.57. The van der Waals surface area contributed by atoms with E-state index in [4.69, 9.17) is 9.47 Å². The van der Waals surface area contributed by atoms with Gasteiger partial charge in [0.15, 0.2) is 11.5 Å². The van der Waals surface area contributed by atoms with E-state index < -0.39 is 0 Å². The molecule has 1 aliphatic carbocycles. The maximum absolute atomic E-state index is 13.5. The minimum absolute atomic E-state index is 0.00190. The van der Waals surface area contributed by atoms with Crippen molar-refractivity contribution in [1.29, 1.82) is 0 Å². The predicted octanol–water partition coefficient (Wildman–Crippen LogP) is 6.11. The second-order valence-electron chi connectivity index (χ2n) is 9.17. The number of carbonyl (C=O) groups excluding carboxylic acids is 2. The number of ether oxygens (including phenoxy) is 2. The Morgan fingerprint density at radius 2 is 1.83 bits per heavy atom. The maximum Gasteiger partial charge on any atom is 0.308 e. The lowest BCUT2D eigenvalue weighted by molar-refractivity contribution is -0.132. The van der Waals surface area contributed by atoms with Crippen LogP contribution < -0.4 is 19.7 Å². The molecule has 36 heavy (non-hydrogen) atoms. The zero-order valence-corrected chi connectivity index (χ0v) is 20.7. The van der Waals surface area contributed by atoms with Crippen molar-refractivity contribution in [3.8, 4) is 11.5 Å². The quantitative estimate of drug-likeness (QED) is 0.261. The molecule has 6 nitrogen and oxygen atoms in total. The van der Waals surface area contributed by atoms with Gasteiger partial charge in [-0.15, -0.1) is 0 Å². The van der Waals surface area contributed by atoms with Crippen LogP contribution in [0.4, 0.5) is 11.4 Å². The van der Waals surface area contributed by atoms with Crippen LogP contribution in [0.3, 0.4) is 0 Å². The van der Waals surface area contributed by atoms with Gasteiger partial charge in [-0.3, -0.25) is 9.59 Å². The lowest BCUT2D eigenvalue weighted by Crippen LogP contribution is -2.32. The number of anilines is 2. The molecule has 1 N–H and O–H groups in total. The van der Waals surface area contributed by atoms with E-state index in [0.29, 0.717) is 29.5 Å². The second kappa shape index (κ2) is 9.90. The highest BCUT2D eigenvalue weighted by Crippen LogP contribution is 2.50. The lowest BCUT2D eigenvalue weighted by atomic mass is 9.76. The molecular formula is C30H30N2O4. The van der Waals surface area contributed by atoms with Crippen LogP contribution in [0, 0.1) is 5.92 Å². The van der Waals surface area contributed by atoms with E-state index in [1.807, 2.05) is 67.6 Å². The van der Waals surface area contributed by atoms with Gasteiger partial charge in [-0.1, -0.05) is 36.4 Å². The molecule has 3 atom stereocenters. The summed E-state index contributed by atoms with van der Waals surface area (Å²) in [5.74, 6) is 1.05. The average Bonchev–Trinajstić information content (AvgIpc) is 3.39. The number of nitrogens with zero attached hydrogens (tertiary/aromatic N) is 1. The zero-order valence-electron chi connectivity index (χ0n) is 20.7. The normalized spacial score (nSPS) is 19.6. The topological polar surface area (TPSA) is 67.9 Å². The molecule has 3 aromatic carbocycles. The summed E-state index contributed by atoms with van der Waals surface area (Å²) in [6, 6.07) is 21.5. The molecule has 2 aliphatic rings. The largest absolute Gasteiger partial charge is 0.493 e. The Morgan fingerprint density at radius 3 is 2.56 bits per heavy atom. The van der Waals surface area contributed by atoms with Crippen LogP contribution in [0.5, 0.6) is 11.5 Å². The van der Waals surface area contributed by atoms with Crippen LogP contribution >= 0.6 is 0 Å². The zero-order chi connectivity index (χ0) is 25.2. The van der Waals surface area contributed by atoms with E-state index in [2.05, 4.69) is 17.5 Å². The molecule has 6 heteroatoms. The minimum atomic E-state index is -0.384. The Labute approximate surface area is 211 Å². The van der Waals surface area contributed by atoms with Gasteiger partial charge in [-0.05, 0) is 72.9 Å². The Morgan fingerprint density at radius 1 is 1.03 bits per heavy atom. The first kappa shape index (κ1) is 23.7. The fourth-order valence-electron chi connectivity index (χ4n) is 5.38. The van der Waals surface area contributed by atoms with Gasteiger partial charge in [0.2, 0.25) is 0 Å². The number of hydrogen-bond donors (Lipinski definition) is 1. The number of methoxy groups -OCH3 is 1. The van der Waals surface area contributed by atoms with Crippen LogP contribution in [0.15, 0.2) is 78.9 Å². The van der Waals surface area contributed by atoms with Crippen LogP contribution in [-0.4, -0.2) is 25.5 Å². The highest BCUT2D eigenvalue weighted by atomic mass is 16.6. The van der Waals surface area contributed by atoms with E-state index in [-0.39, 0.29) is 23.8 Å². The molecule has 1 aliphatic heterocycles. The van der Waals surface area contributed by atoms with Crippen LogP contribution in [-0.2, 0) is 4.79 Å². The smallest absolute Gasteiger partial charge is 0.308 e. The van der Waals surface area contributed by atoms with Crippen molar-refractivity contribution in [2.45, 2.75) is 32.2 Å². The number of fused-ring (bicyclic) bond motifs is 3. The molecule has 1 amide bonds. The first-order valence-electron chi connectivity index (χ1n) is 12.3. The van der Waals surface area contributed by atoms with Gasteiger partial charge in [0.25, 0.3) is 5.91 Å². The fourth-order valence-corrected chi connectivity index (χ4v) is 5.38. The molecule has 3 aromatic rings. The van der Waals surface area contributed by atoms with Crippen molar-refractivity contribution < 1.29 is 19.1 Å². The third-order valence-corrected chi connectivity index (χ3v) is 7.04. The molecule has 3 unspecified atom stereocenters. The van der Waals surface area contributed by atoms with Gasteiger partial charge in [-0.25, -0.2) is 0 Å². The highest BCUT2D eigenvalue weighted by Gasteiger charge is 2.38. The van der Waals surface area contributed by atoms with Gasteiger partial charge in [-0.2, -0.15) is 0 Å². The van der Waals surface area contributed by atoms with Crippen molar-refractivity contribution in [3.05, 3.63) is 95.6 Å². The van der Waals surface area contributed by atoms with E-state index in [1.54, 1.807) is 18.1 Å². The van der Waals surface area contributed by atoms with Crippen LogP contribution in [0.2, 0.25) is 0 Å². The minimum Gasteiger partial charge on any atom is -0.493 e. The Hall–Kier alpha value is -4.06. The predicted molar refractivity (Wildman–Crippen MR) is 141 cm³/mol. The number of benzene rings is 3. The number of nitrogens with one attached hydrogen (secondary N) is 1. The van der Waals surface area contributed by atoms with Crippen molar-refractivity contribution in [2.24, 2.45) is 5.92 Å². The molecule has 0 aromatic heterocycles. The van der Waals surface area contributed by atoms with Gasteiger partial charge in [0.1, 0.15) is 0 Å². The molecule has 0 fully saturated rings. The van der Waals surface area contributed by atoms with Crippen molar-refractivity contribution >= 4 is 23.3 Å². The average molecular weight is 483 g/mol. The number of para-hydroxylation sites is 1. The molecule has 1 heterocycles. The molecular weight excluding hydrogens is 452 g/mol. The van der Waals surface area contributed by atoms with Crippen molar-refractivity contribution in [3.63, 3.8) is 0 Å². The molecule has 184 valence electrons. The molecule has 0 spiro atoms. The van der Waals surface area contributed by atoms with Crippen molar-refractivity contribution in [2.75, 3.05) is 23.9 Å². The summed E-state index contributed by atoms with van der Waals surface area (Å²) in [6.45, 7) is 3.96. The molecule has 0 saturated carbocycles. The number of hydrogen-bond acceptors (Lipinski definition) is 5. The number of rotatable bonds is 6. The molecule has 0 saturated heterocycles. The van der Waals surface area contributed by atoms with E-state index in [9.17, 15) is 9.59 Å². The summed E-state index contributed by atoms with van der Waals surface area (Å²) in [6.07, 6.45) is 5.41. The molecule has 0 radical (unpaired) electrons. The Bertz CT molecular complexity index is 1320. The third kappa shape index (κ3) is 4.35. The van der Waals surface area contributed by atoms with E-state index in [0.717, 1.165) is 28.9 Å². The summed E-state index contributed by atoms with van der Waals surface area (Å²) in [5, 5.41) is 3.71. The van der Waals surface area contributed by atoms with E-state index in [1.165, 1.54) is 6.92 Å². The lowest BCUT2D eigenvalue weighted by Gasteiger charge is -2.38. The number of amides is 1. The Balaban J connectivity index is 1.46. The summed E-state index contributed by atoms with van der Waals surface area (Å²) < 4.78 is 10.8. The fraction of sp³-hybridized carbons (Fsp3) is 0.267. The highest BCUT2D eigenvalue weighted by molar-refractivity contribution is 6.06. The van der Waals surface area contributed by atoms with Crippen molar-refractivity contribution in [1.82, 2.24) is 0 Å². The van der Waals surface area contributed by atoms with Gasteiger partial charge in [0.05, 0.1) is 13.2 Å². The summed E-state index contributed by atoms with van der Waals surface area (Å²) in [4.78, 5) is 26.7. The first-order chi connectivity index (χ1) is 17.5.